The maximum atomic E-state index is 13.1. The molecule has 30 heavy (non-hydrogen) atoms. The molecular formula is C19H33N5O5S. The second-order valence-electron chi connectivity index (χ2n) is 7.85. The summed E-state index contributed by atoms with van der Waals surface area (Å²) in [5.41, 5.74) is 11.3. The molecule has 0 aromatic rings. The van der Waals surface area contributed by atoms with Crippen molar-refractivity contribution in [1.82, 2.24) is 15.1 Å². The first-order chi connectivity index (χ1) is 14.3. The van der Waals surface area contributed by atoms with Gasteiger partial charge in [-0.05, 0) is 51.5 Å². The molecule has 0 aromatic heterocycles. The average Bonchev–Trinajstić information content (AvgIpc) is 3.41. The van der Waals surface area contributed by atoms with Crippen LogP contribution in [0.15, 0.2) is 0 Å². The Bertz CT molecular complexity index is 649. The number of carboxylic acids is 1. The predicted octanol–water partition coefficient (Wildman–Crippen LogP) is -1.08. The summed E-state index contributed by atoms with van der Waals surface area (Å²) in [4.78, 5) is 52.8. The number of hydrogen-bond acceptors (Lipinski definition) is 7. The lowest BCUT2D eigenvalue weighted by atomic mass is 10.1. The number of nitrogens with one attached hydrogen (secondary N) is 1. The van der Waals surface area contributed by atoms with Crippen molar-refractivity contribution >= 4 is 36.3 Å². The van der Waals surface area contributed by atoms with E-state index in [-0.39, 0.29) is 11.7 Å². The highest BCUT2D eigenvalue weighted by atomic mass is 32.1. The number of nitrogens with two attached hydrogens (primary N) is 2. The quantitative estimate of drug-likeness (QED) is 0.212. The molecule has 0 spiro atoms. The lowest BCUT2D eigenvalue weighted by molar-refractivity contribution is -0.149. The van der Waals surface area contributed by atoms with Crippen LogP contribution in [0.2, 0.25) is 0 Å². The van der Waals surface area contributed by atoms with Gasteiger partial charge < -0.3 is 31.7 Å². The number of nitrogens with zero attached hydrogens (tertiary/aromatic N) is 2. The lowest BCUT2D eigenvalue weighted by Gasteiger charge is -2.30. The molecule has 170 valence electrons. The van der Waals surface area contributed by atoms with Crippen molar-refractivity contribution in [2.24, 2.45) is 11.5 Å². The summed E-state index contributed by atoms with van der Waals surface area (Å²) < 4.78 is 0. The van der Waals surface area contributed by atoms with E-state index in [1.54, 1.807) is 0 Å². The summed E-state index contributed by atoms with van der Waals surface area (Å²) in [6.45, 7) is 1.24. The van der Waals surface area contributed by atoms with Crippen LogP contribution in [0.5, 0.6) is 0 Å². The molecule has 10 nitrogen and oxygen atoms in total. The molecule has 0 aliphatic carbocycles. The zero-order chi connectivity index (χ0) is 22.3. The van der Waals surface area contributed by atoms with Crippen LogP contribution in [-0.2, 0) is 19.2 Å². The minimum Gasteiger partial charge on any atom is -0.480 e. The van der Waals surface area contributed by atoms with Crippen LogP contribution < -0.4 is 16.8 Å². The molecule has 2 aliphatic rings. The Morgan fingerprint density at radius 1 is 1.03 bits per heavy atom. The fourth-order valence-corrected chi connectivity index (χ4v) is 4.26. The molecular weight excluding hydrogens is 410 g/mol. The summed E-state index contributed by atoms with van der Waals surface area (Å²) in [7, 11) is 0. The molecule has 2 heterocycles. The van der Waals surface area contributed by atoms with Crippen molar-refractivity contribution in [1.29, 1.82) is 0 Å². The van der Waals surface area contributed by atoms with Crippen molar-refractivity contribution in [3.05, 3.63) is 0 Å². The standard InChI is InChI=1S/C19H33N5O5S/c20-8-2-1-5-13(18(27)24-10-4-7-15(24)19(28)29)22-16(25)14-6-3-9-23(14)17(26)12(21)11-30/h12-15,30H,1-11,20-21H2,(H,22,25)(H,28,29). The SMILES string of the molecule is NCCCCC(NC(=O)C1CCCN1C(=O)C(N)CS)C(=O)N1CCCC1C(=O)O. The second kappa shape index (κ2) is 11.5. The molecule has 6 N–H and O–H groups in total. The van der Waals surface area contributed by atoms with Crippen LogP contribution in [0.1, 0.15) is 44.9 Å². The Labute approximate surface area is 182 Å². The fourth-order valence-electron chi connectivity index (χ4n) is 4.10. The second-order valence-corrected chi connectivity index (χ2v) is 8.22. The first-order valence-corrected chi connectivity index (χ1v) is 11.2. The van der Waals surface area contributed by atoms with Gasteiger partial charge >= 0.3 is 5.97 Å². The highest BCUT2D eigenvalue weighted by molar-refractivity contribution is 7.80. The van der Waals surface area contributed by atoms with Crippen LogP contribution >= 0.6 is 12.6 Å². The van der Waals surface area contributed by atoms with Gasteiger partial charge in [-0.1, -0.05) is 0 Å². The molecule has 11 heteroatoms. The predicted molar refractivity (Wildman–Crippen MR) is 114 cm³/mol. The first kappa shape index (κ1) is 24.4. The molecule has 2 rings (SSSR count). The summed E-state index contributed by atoms with van der Waals surface area (Å²) in [5, 5.41) is 12.2. The molecule has 0 aromatic carbocycles. The maximum absolute atomic E-state index is 13.1. The van der Waals surface area contributed by atoms with Crippen molar-refractivity contribution < 1.29 is 24.3 Å². The highest BCUT2D eigenvalue weighted by Gasteiger charge is 2.40. The number of carbonyl (C=O) groups is 4. The van der Waals surface area contributed by atoms with E-state index in [1.807, 2.05) is 0 Å². The average molecular weight is 444 g/mol. The Morgan fingerprint density at radius 2 is 1.63 bits per heavy atom. The van der Waals surface area contributed by atoms with E-state index >= 15 is 0 Å². The van der Waals surface area contributed by atoms with Crippen LogP contribution in [0.25, 0.3) is 0 Å². The van der Waals surface area contributed by atoms with E-state index in [1.165, 1.54) is 9.80 Å². The van der Waals surface area contributed by atoms with Crippen LogP contribution in [0.4, 0.5) is 0 Å². The van der Waals surface area contributed by atoms with E-state index in [9.17, 15) is 24.3 Å². The van der Waals surface area contributed by atoms with Gasteiger partial charge in [0.05, 0.1) is 6.04 Å². The molecule has 4 atom stereocenters. The highest BCUT2D eigenvalue weighted by Crippen LogP contribution is 2.22. The number of carbonyl (C=O) groups excluding carboxylic acids is 3. The van der Waals surface area contributed by atoms with E-state index in [0.29, 0.717) is 64.6 Å². The number of unbranched alkanes of at least 4 members (excludes halogenated alkanes) is 1. The van der Waals surface area contributed by atoms with Crippen molar-refractivity contribution in [3.63, 3.8) is 0 Å². The molecule has 0 radical (unpaired) electrons. The normalized spacial score (nSPS) is 23.3. The minimum absolute atomic E-state index is 0.176. The Morgan fingerprint density at radius 3 is 2.20 bits per heavy atom. The van der Waals surface area contributed by atoms with Gasteiger partial charge in [0.25, 0.3) is 0 Å². The van der Waals surface area contributed by atoms with Gasteiger partial charge in [0.1, 0.15) is 18.1 Å². The topological polar surface area (TPSA) is 159 Å². The van der Waals surface area contributed by atoms with Crippen molar-refractivity contribution in [2.75, 3.05) is 25.4 Å². The van der Waals surface area contributed by atoms with Gasteiger partial charge in [0.15, 0.2) is 0 Å². The van der Waals surface area contributed by atoms with Gasteiger partial charge in [0.2, 0.25) is 17.7 Å². The Hall–Kier alpha value is -1.85. The van der Waals surface area contributed by atoms with Crippen LogP contribution in [0, 0.1) is 0 Å². The van der Waals surface area contributed by atoms with E-state index in [0.717, 1.165) is 0 Å². The summed E-state index contributed by atoms with van der Waals surface area (Å²) in [6.07, 6.45) is 3.84. The number of carboxylic acid groups (broad SMARTS) is 1. The van der Waals surface area contributed by atoms with Crippen molar-refractivity contribution in [2.45, 2.75) is 69.1 Å². The zero-order valence-electron chi connectivity index (χ0n) is 17.2. The van der Waals surface area contributed by atoms with Gasteiger partial charge in [-0.15, -0.1) is 0 Å². The largest absolute Gasteiger partial charge is 0.480 e. The van der Waals surface area contributed by atoms with Crippen molar-refractivity contribution in [3.8, 4) is 0 Å². The summed E-state index contributed by atoms with van der Waals surface area (Å²) in [5.74, 6) is -2.01. The number of rotatable bonds is 10. The smallest absolute Gasteiger partial charge is 0.326 e. The van der Waals surface area contributed by atoms with Crippen LogP contribution in [-0.4, -0.2) is 88.2 Å². The third kappa shape index (κ3) is 5.86. The third-order valence-electron chi connectivity index (χ3n) is 5.73. The fraction of sp³-hybridized carbons (Fsp3) is 0.789. The zero-order valence-corrected chi connectivity index (χ0v) is 18.1. The summed E-state index contributed by atoms with van der Waals surface area (Å²) >= 11 is 4.05. The van der Waals surface area contributed by atoms with Gasteiger partial charge in [-0.25, -0.2) is 4.79 Å². The van der Waals surface area contributed by atoms with Gasteiger partial charge in [-0.3, -0.25) is 14.4 Å². The van der Waals surface area contributed by atoms with Crippen LogP contribution in [0.3, 0.4) is 0 Å². The monoisotopic (exact) mass is 443 g/mol. The minimum atomic E-state index is -1.04. The number of hydrogen-bond donors (Lipinski definition) is 5. The first-order valence-electron chi connectivity index (χ1n) is 10.5. The molecule has 4 unspecified atom stereocenters. The van der Waals surface area contributed by atoms with Gasteiger partial charge in [0, 0.05) is 18.8 Å². The molecule has 2 saturated heterocycles. The molecule has 0 bridgehead atoms. The Balaban J connectivity index is 2.11. The number of likely N-dealkylation sites (tertiary alicyclic amines) is 2. The van der Waals surface area contributed by atoms with E-state index in [4.69, 9.17) is 11.5 Å². The van der Waals surface area contributed by atoms with E-state index < -0.39 is 42.0 Å². The van der Waals surface area contributed by atoms with Gasteiger partial charge in [-0.2, -0.15) is 12.6 Å². The molecule has 2 aliphatic heterocycles. The maximum Gasteiger partial charge on any atom is 0.326 e. The third-order valence-corrected chi connectivity index (χ3v) is 6.13. The Kier molecular flexibility index (Phi) is 9.37. The number of thiol groups is 1. The molecule has 0 saturated carbocycles. The molecule has 2 fully saturated rings. The lowest BCUT2D eigenvalue weighted by Crippen LogP contribution is -2.56. The number of aliphatic carboxylic acids is 1. The van der Waals surface area contributed by atoms with E-state index in [2.05, 4.69) is 17.9 Å². The number of amides is 3. The summed E-state index contributed by atoms with van der Waals surface area (Å²) in [6, 6.07) is -3.20. The molecule has 3 amide bonds.